The van der Waals surface area contributed by atoms with E-state index in [4.69, 9.17) is 6.57 Å². The highest BCUT2D eigenvalue weighted by Gasteiger charge is 2.28. The molecule has 28 heavy (non-hydrogen) atoms. The van der Waals surface area contributed by atoms with Crippen LogP contribution in [0.2, 0.25) is 0 Å². The van der Waals surface area contributed by atoms with Gasteiger partial charge in [0, 0.05) is 37.2 Å². The van der Waals surface area contributed by atoms with Crippen LogP contribution in [0.1, 0.15) is 30.3 Å². The number of rotatable bonds is 3. The summed E-state index contributed by atoms with van der Waals surface area (Å²) < 4.78 is 16.8. The third kappa shape index (κ3) is 3.20. The van der Waals surface area contributed by atoms with Crippen LogP contribution in [-0.4, -0.2) is 38.1 Å². The van der Waals surface area contributed by atoms with Gasteiger partial charge in [0.25, 0.3) is 0 Å². The van der Waals surface area contributed by atoms with Gasteiger partial charge in [0.15, 0.2) is 0 Å². The first-order valence-electron chi connectivity index (χ1n) is 9.17. The Morgan fingerprint density at radius 3 is 2.61 bits per heavy atom. The van der Waals surface area contributed by atoms with E-state index in [1.807, 2.05) is 18.5 Å². The van der Waals surface area contributed by atoms with Gasteiger partial charge in [-0.1, -0.05) is 6.07 Å². The van der Waals surface area contributed by atoms with Crippen molar-refractivity contribution < 1.29 is 4.39 Å². The van der Waals surface area contributed by atoms with Gasteiger partial charge in [-0.2, -0.15) is 10.2 Å². The van der Waals surface area contributed by atoms with E-state index in [0.29, 0.717) is 47.2 Å². The number of benzene rings is 1. The SMILES string of the molecule is [C-]#[N+]c1ccc(F)c(-c2cnnc(C)c2)c1N1CCC(c2nncn2C)CC1. The summed E-state index contributed by atoms with van der Waals surface area (Å²) in [5.41, 5.74) is 2.85. The van der Waals surface area contributed by atoms with Crippen LogP contribution in [0.25, 0.3) is 16.0 Å². The lowest BCUT2D eigenvalue weighted by atomic mass is 9.94. The lowest BCUT2D eigenvalue weighted by Crippen LogP contribution is -2.34. The molecule has 1 aliphatic rings. The van der Waals surface area contributed by atoms with E-state index in [0.717, 1.165) is 18.7 Å². The fraction of sp³-hybridized carbons (Fsp3) is 0.350. The van der Waals surface area contributed by atoms with Gasteiger partial charge < -0.3 is 9.47 Å². The lowest BCUT2D eigenvalue weighted by molar-refractivity contribution is 0.474. The second-order valence-electron chi connectivity index (χ2n) is 7.05. The maximum absolute atomic E-state index is 14.9. The predicted octanol–water partition coefficient (Wildman–Crippen LogP) is 3.65. The van der Waals surface area contributed by atoms with E-state index in [1.54, 1.807) is 24.7 Å². The zero-order valence-electron chi connectivity index (χ0n) is 15.8. The second-order valence-corrected chi connectivity index (χ2v) is 7.05. The van der Waals surface area contributed by atoms with Crippen molar-refractivity contribution >= 4 is 11.4 Å². The summed E-state index contributed by atoms with van der Waals surface area (Å²) in [6.45, 7) is 10.8. The number of hydrogen-bond donors (Lipinski definition) is 0. The maximum Gasteiger partial charge on any atom is 0.210 e. The minimum atomic E-state index is -0.356. The maximum atomic E-state index is 14.9. The van der Waals surface area contributed by atoms with Crippen LogP contribution in [-0.2, 0) is 7.05 Å². The van der Waals surface area contributed by atoms with Crippen molar-refractivity contribution in [3.63, 3.8) is 0 Å². The molecular formula is C20H20FN7. The number of piperidine rings is 1. The van der Waals surface area contributed by atoms with Crippen molar-refractivity contribution in [3.8, 4) is 11.1 Å². The molecule has 2 aromatic heterocycles. The summed E-state index contributed by atoms with van der Waals surface area (Å²) in [6.07, 6.45) is 5.00. The molecule has 0 amide bonds. The number of nitrogens with zero attached hydrogens (tertiary/aromatic N) is 7. The highest BCUT2D eigenvalue weighted by atomic mass is 19.1. The fourth-order valence-corrected chi connectivity index (χ4v) is 3.87. The van der Waals surface area contributed by atoms with E-state index in [-0.39, 0.29) is 5.82 Å². The summed E-state index contributed by atoms with van der Waals surface area (Å²) in [7, 11) is 1.95. The molecule has 1 saturated heterocycles. The Kier molecular flexibility index (Phi) is 4.74. The highest BCUT2D eigenvalue weighted by molar-refractivity contribution is 5.88. The smallest absolute Gasteiger partial charge is 0.210 e. The van der Waals surface area contributed by atoms with Gasteiger partial charge >= 0.3 is 0 Å². The molecule has 0 N–H and O–H groups in total. The monoisotopic (exact) mass is 377 g/mol. The van der Waals surface area contributed by atoms with Gasteiger partial charge in [-0.25, -0.2) is 9.24 Å². The molecule has 1 aromatic carbocycles. The average molecular weight is 377 g/mol. The van der Waals surface area contributed by atoms with Crippen molar-refractivity contribution in [1.29, 1.82) is 0 Å². The predicted molar refractivity (Wildman–Crippen MR) is 104 cm³/mol. The molecule has 0 saturated carbocycles. The molecule has 1 fully saturated rings. The zero-order chi connectivity index (χ0) is 19.7. The standard InChI is InChI=1S/C20H20FN7/c1-13-10-15(11-23-25-13)18-16(21)4-5-17(22-2)19(18)28-8-6-14(7-9-28)20-26-24-12-27(20)3/h4-5,10-12,14H,6-9H2,1,3H3. The van der Waals surface area contributed by atoms with Gasteiger partial charge in [-0.05, 0) is 31.9 Å². The van der Waals surface area contributed by atoms with Gasteiger partial charge in [0.05, 0.1) is 24.2 Å². The zero-order valence-corrected chi connectivity index (χ0v) is 15.8. The van der Waals surface area contributed by atoms with E-state index >= 15 is 0 Å². The summed E-state index contributed by atoms with van der Waals surface area (Å²) in [5.74, 6) is 0.922. The molecule has 4 rings (SSSR count). The summed E-state index contributed by atoms with van der Waals surface area (Å²) in [5, 5.41) is 16.1. The average Bonchev–Trinajstić information content (AvgIpc) is 3.13. The van der Waals surface area contributed by atoms with Crippen LogP contribution in [0.5, 0.6) is 0 Å². The first-order valence-corrected chi connectivity index (χ1v) is 9.17. The first kappa shape index (κ1) is 18.0. The Morgan fingerprint density at radius 2 is 1.96 bits per heavy atom. The van der Waals surface area contributed by atoms with Gasteiger partial charge in [0.2, 0.25) is 5.69 Å². The highest BCUT2D eigenvalue weighted by Crippen LogP contribution is 2.43. The summed E-state index contributed by atoms with van der Waals surface area (Å²) in [4.78, 5) is 5.76. The topological polar surface area (TPSA) is 64.1 Å². The van der Waals surface area contributed by atoms with Gasteiger partial charge in [-0.3, -0.25) is 0 Å². The van der Waals surface area contributed by atoms with E-state index in [9.17, 15) is 4.39 Å². The number of hydrogen-bond acceptors (Lipinski definition) is 5. The molecule has 142 valence electrons. The second kappa shape index (κ2) is 7.35. The van der Waals surface area contributed by atoms with Crippen LogP contribution < -0.4 is 4.90 Å². The molecule has 3 heterocycles. The van der Waals surface area contributed by atoms with Crippen LogP contribution in [0.3, 0.4) is 0 Å². The Labute approximate surface area is 162 Å². The Bertz CT molecular complexity index is 1040. The van der Waals surface area contributed by atoms with Crippen molar-refractivity contribution in [2.24, 2.45) is 7.05 Å². The molecule has 0 unspecified atom stereocenters. The molecule has 0 bridgehead atoms. The third-order valence-electron chi connectivity index (χ3n) is 5.21. The number of anilines is 1. The number of aromatic nitrogens is 5. The normalized spacial score (nSPS) is 14.9. The molecule has 0 aliphatic carbocycles. The largest absolute Gasteiger partial charge is 0.380 e. The van der Waals surface area contributed by atoms with Crippen LogP contribution in [0.15, 0.2) is 30.7 Å². The van der Waals surface area contributed by atoms with Crippen molar-refractivity contribution in [1.82, 2.24) is 25.0 Å². The third-order valence-corrected chi connectivity index (χ3v) is 5.21. The summed E-state index contributed by atoms with van der Waals surface area (Å²) >= 11 is 0. The van der Waals surface area contributed by atoms with E-state index < -0.39 is 0 Å². The van der Waals surface area contributed by atoms with Gasteiger partial charge in [-0.15, -0.1) is 10.2 Å². The molecule has 7 nitrogen and oxygen atoms in total. The molecule has 0 atom stereocenters. The quantitative estimate of drug-likeness (QED) is 0.652. The minimum Gasteiger partial charge on any atom is -0.380 e. The molecule has 0 spiro atoms. The van der Waals surface area contributed by atoms with Crippen molar-refractivity contribution in [3.05, 3.63) is 59.5 Å². The number of halogens is 1. The van der Waals surface area contributed by atoms with E-state index in [2.05, 4.69) is 30.1 Å². The molecule has 0 radical (unpaired) electrons. The van der Waals surface area contributed by atoms with Gasteiger partial charge in [0.1, 0.15) is 18.0 Å². The molecule has 8 heteroatoms. The molecule has 3 aromatic rings. The Balaban J connectivity index is 1.71. The fourth-order valence-electron chi connectivity index (χ4n) is 3.87. The molecular weight excluding hydrogens is 357 g/mol. The van der Waals surface area contributed by atoms with Crippen molar-refractivity contribution in [2.45, 2.75) is 25.7 Å². The Morgan fingerprint density at radius 1 is 1.18 bits per heavy atom. The van der Waals surface area contributed by atoms with Crippen LogP contribution in [0, 0.1) is 19.3 Å². The molecule has 1 aliphatic heterocycles. The van der Waals surface area contributed by atoms with Crippen molar-refractivity contribution in [2.75, 3.05) is 18.0 Å². The Hall–Kier alpha value is -3.34. The van der Waals surface area contributed by atoms with Crippen LogP contribution >= 0.6 is 0 Å². The summed E-state index contributed by atoms with van der Waals surface area (Å²) in [6, 6.07) is 4.71. The number of aryl methyl sites for hydroxylation is 2. The minimum absolute atomic E-state index is 0.307. The van der Waals surface area contributed by atoms with Crippen LogP contribution in [0.4, 0.5) is 15.8 Å². The lowest BCUT2D eigenvalue weighted by Gasteiger charge is -2.35. The van der Waals surface area contributed by atoms with E-state index in [1.165, 1.54) is 6.07 Å². The first-order chi connectivity index (χ1) is 13.6.